The van der Waals surface area contributed by atoms with Gasteiger partial charge in [-0.25, -0.2) is 5.01 Å². The topological polar surface area (TPSA) is 69.7 Å². The summed E-state index contributed by atoms with van der Waals surface area (Å²) in [5.74, 6) is -0.408. The van der Waals surface area contributed by atoms with Gasteiger partial charge in [-0.3, -0.25) is 19.8 Å². The van der Waals surface area contributed by atoms with Crippen LogP contribution in [0.1, 0.15) is 57.9 Å². The van der Waals surface area contributed by atoms with Gasteiger partial charge in [-0.2, -0.15) is 0 Å². The minimum Gasteiger partial charge on any atom is -0.327 e. The lowest BCUT2D eigenvalue weighted by molar-refractivity contribution is -0.130. The summed E-state index contributed by atoms with van der Waals surface area (Å²) in [6, 6.07) is 23.5. The Morgan fingerprint density at radius 2 is 1.68 bits per heavy atom. The van der Waals surface area contributed by atoms with Crippen LogP contribution in [0.3, 0.4) is 0 Å². The summed E-state index contributed by atoms with van der Waals surface area (Å²) in [7, 11) is 0. The molecule has 3 aromatic rings. The SMILES string of the molecule is Cc1ccc(CN(C(=O)c2ccc(N3NC(=O)CCC3=O)cc2)C2CCc3ccccc32)cc1. The highest BCUT2D eigenvalue weighted by molar-refractivity contribution is 6.01. The number of hydrogen-bond acceptors (Lipinski definition) is 3. The first kappa shape index (κ1) is 21.9. The number of rotatable bonds is 5. The molecule has 2 aliphatic rings. The number of fused-ring (bicyclic) bond motifs is 1. The Bertz CT molecular complexity index is 1230. The largest absolute Gasteiger partial charge is 0.327 e. The third-order valence-electron chi connectivity index (χ3n) is 6.64. The minimum atomic E-state index is -0.191. The zero-order valence-corrected chi connectivity index (χ0v) is 19.2. The molecular formula is C28H27N3O3. The maximum atomic E-state index is 13.8. The predicted molar refractivity (Wildman–Crippen MR) is 130 cm³/mol. The van der Waals surface area contributed by atoms with Crippen molar-refractivity contribution in [3.05, 3.63) is 101 Å². The number of benzene rings is 3. The van der Waals surface area contributed by atoms with E-state index >= 15 is 0 Å². The molecule has 1 saturated heterocycles. The third-order valence-corrected chi connectivity index (χ3v) is 6.64. The molecule has 0 spiro atoms. The molecule has 1 aliphatic carbocycles. The molecular weight excluding hydrogens is 426 g/mol. The van der Waals surface area contributed by atoms with Crippen LogP contribution < -0.4 is 10.4 Å². The Hall–Kier alpha value is -3.93. The van der Waals surface area contributed by atoms with Crippen molar-refractivity contribution < 1.29 is 14.4 Å². The van der Waals surface area contributed by atoms with Gasteiger partial charge < -0.3 is 4.90 Å². The molecule has 0 radical (unpaired) electrons. The molecule has 3 aromatic carbocycles. The number of nitrogens with one attached hydrogen (secondary N) is 1. The van der Waals surface area contributed by atoms with Gasteiger partial charge >= 0.3 is 0 Å². The zero-order chi connectivity index (χ0) is 23.7. The van der Waals surface area contributed by atoms with Crippen molar-refractivity contribution in [2.75, 3.05) is 5.01 Å². The molecule has 1 atom stereocenters. The average molecular weight is 454 g/mol. The van der Waals surface area contributed by atoms with E-state index in [1.54, 1.807) is 24.3 Å². The van der Waals surface area contributed by atoms with Crippen molar-refractivity contribution in [2.24, 2.45) is 0 Å². The number of carbonyl (C=O) groups is 3. The molecule has 0 bridgehead atoms. The fourth-order valence-corrected chi connectivity index (χ4v) is 4.77. The quantitative estimate of drug-likeness (QED) is 0.619. The van der Waals surface area contributed by atoms with E-state index in [1.807, 2.05) is 17.0 Å². The average Bonchev–Trinajstić information content (AvgIpc) is 3.29. The van der Waals surface area contributed by atoms with Gasteiger partial charge in [0.25, 0.3) is 5.91 Å². The van der Waals surface area contributed by atoms with E-state index in [-0.39, 0.29) is 36.6 Å². The second-order valence-corrected chi connectivity index (χ2v) is 8.98. The fraction of sp³-hybridized carbons (Fsp3) is 0.250. The predicted octanol–water partition coefficient (Wildman–Crippen LogP) is 4.48. The summed E-state index contributed by atoms with van der Waals surface area (Å²) in [5, 5.41) is 1.26. The van der Waals surface area contributed by atoms with Gasteiger partial charge in [0, 0.05) is 24.9 Å². The first-order chi connectivity index (χ1) is 16.5. The lowest BCUT2D eigenvalue weighted by Crippen LogP contribution is -2.50. The molecule has 1 unspecified atom stereocenters. The highest BCUT2D eigenvalue weighted by Gasteiger charge is 2.32. The molecule has 6 nitrogen and oxygen atoms in total. The Balaban J connectivity index is 1.44. The monoisotopic (exact) mass is 453 g/mol. The van der Waals surface area contributed by atoms with Crippen molar-refractivity contribution in [1.82, 2.24) is 10.3 Å². The van der Waals surface area contributed by atoms with E-state index in [0.717, 1.165) is 18.4 Å². The van der Waals surface area contributed by atoms with Crippen LogP contribution in [0.2, 0.25) is 0 Å². The van der Waals surface area contributed by atoms with E-state index in [2.05, 4.69) is 48.7 Å². The van der Waals surface area contributed by atoms with Crippen molar-refractivity contribution in [3.63, 3.8) is 0 Å². The molecule has 34 heavy (non-hydrogen) atoms. The standard InChI is InChI=1S/C28H27N3O3/c1-19-6-8-20(9-7-19)18-30(25-15-12-21-4-2-3-5-24(21)25)28(34)22-10-13-23(14-11-22)31-27(33)17-16-26(32)29-31/h2-11,13-14,25H,12,15-18H2,1H3,(H,29,32). The normalized spacial score (nSPS) is 17.3. The summed E-state index contributed by atoms with van der Waals surface area (Å²) in [6.07, 6.45) is 2.22. The highest BCUT2D eigenvalue weighted by Crippen LogP contribution is 2.37. The lowest BCUT2D eigenvalue weighted by Gasteiger charge is -2.31. The Labute approximate surface area is 199 Å². The molecule has 1 heterocycles. The van der Waals surface area contributed by atoms with Gasteiger partial charge in [0.2, 0.25) is 11.8 Å². The van der Waals surface area contributed by atoms with Gasteiger partial charge in [0.05, 0.1) is 11.7 Å². The van der Waals surface area contributed by atoms with Crippen molar-refractivity contribution in [1.29, 1.82) is 0 Å². The number of carbonyl (C=O) groups excluding carboxylic acids is 3. The first-order valence-corrected chi connectivity index (χ1v) is 11.7. The molecule has 1 N–H and O–H groups in total. The Morgan fingerprint density at radius 1 is 0.941 bits per heavy atom. The van der Waals surface area contributed by atoms with Gasteiger partial charge in [-0.1, -0.05) is 54.1 Å². The van der Waals surface area contributed by atoms with Crippen molar-refractivity contribution in [2.45, 2.75) is 45.2 Å². The highest BCUT2D eigenvalue weighted by atomic mass is 16.2. The lowest BCUT2D eigenvalue weighted by atomic mass is 10.0. The molecule has 3 amide bonds. The third kappa shape index (κ3) is 4.31. The van der Waals surface area contributed by atoms with Crippen LogP contribution in [0.5, 0.6) is 0 Å². The summed E-state index contributed by atoms with van der Waals surface area (Å²) in [6.45, 7) is 2.57. The van der Waals surface area contributed by atoms with E-state index < -0.39 is 0 Å². The van der Waals surface area contributed by atoms with Gasteiger partial charge in [-0.05, 0) is 60.7 Å². The first-order valence-electron chi connectivity index (χ1n) is 11.7. The van der Waals surface area contributed by atoms with Gasteiger partial charge in [0.15, 0.2) is 0 Å². The zero-order valence-electron chi connectivity index (χ0n) is 19.2. The van der Waals surface area contributed by atoms with Gasteiger partial charge in [0.1, 0.15) is 0 Å². The summed E-state index contributed by atoms with van der Waals surface area (Å²) < 4.78 is 0. The van der Waals surface area contributed by atoms with Crippen LogP contribution in [0.25, 0.3) is 0 Å². The van der Waals surface area contributed by atoms with Crippen LogP contribution in [-0.2, 0) is 22.6 Å². The van der Waals surface area contributed by atoms with E-state index in [9.17, 15) is 14.4 Å². The second-order valence-electron chi connectivity index (χ2n) is 8.98. The molecule has 172 valence electrons. The number of nitrogens with zero attached hydrogens (tertiary/aromatic N) is 2. The fourth-order valence-electron chi connectivity index (χ4n) is 4.77. The van der Waals surface area contributed by atoms with E-state index in [1.165, 1.54) is 21.7 Å². The number of anilines is 1. The van der Waals surface area contributed by atoms with E-state index in [4.69, 9.17) is 0 Å². The number of aryl methyl sites for hydroxylation is 2. The molecule has 1 fully saturated rings. The Kier molecular flexibility index (Phi) is 5.88. The summed E-state index contributed by atoms with van der Waals surface area (Å²) in [4.78, 5) is 39.7. The minimum absolute atomic E-state index is 0.00707. The molecule has 1 aliphatic heterocycles. The van der Waals surface area contributed by atoms with Crippen LogP contribution in [-0.4, -0.2) is 22.6 Å². The molecule has 5 rings (SSSR count). The van der Waals surface area contributed by atoms with Crippen molar-refractivity contribution in [3.8, 4) is 0 Å². The van der Waals surface area contributed by atoms with Crippen LogP contribution in [0.4, 0.5) is 5.69 Å². The summed E-state index contributed by atoms with van der Waals surface area (Å²) in [5.41, 5.74) is 8.47. The maximum absolute atomic E-state index is 13.8. The van der Waals surface area contributed by atoms with Crippen LogP contribution >= 0.6 is 0 Å². The van der Waals surface area contributed by atoms with Crippen LogP contribution in [0, 0.1) is 6.92 Å². The second kappa shape index (κ2) is 9.14. The van der Waals surface area contributed by atoms with Crippen molar-refractivity contribution >= 4 is 23.4 Å². The van der Waals surface area contributed by atoms with E-state index in [0.29, 0.717) is 17.8 Å². The van der Waals surface area contributed by atoms with Gasteiger partial charge in [-0.15, -0.1) is 0 Å². The van der Waals surface area contributed by atoms with Crippen LogP contribution in [0.15, 0.2) is 72.8 Å². The Morgan fingerprint density at radius 3 is 2.44 bits per heavy atom. The smallest absolute Gasteiger partial charge is 0.254 e. The number of amides is 3. The maximum Gasteiger partial charge on any atom is 0.254 e. The molecule has 0 aromatic heterocycles. The number of hydrogen-bond donors (Lipinski definition) is 1. The summed E-state index contributed by atoms with van der Waals surface area (Å²) >= 11 is 0. The molecule has 6 heteroatoms. The number of hydrazine groups is 1. The molecule has 0 saturated carbocycles.